The second-order valence-electron chi connectivity index (χ2n) is 2.44. The number of carbonyl (C=O) groups excluding carboxylic acids is 1. The van der Waals surface area contributed by atoms with Gasteiger partial charge in [0.15, 0.2) is 0 Å². The van der Waals surface area contributed by atoms with Crippen molar-refractivity contribution in [2.24, 2.45) is 5.92 Å². The molecule has 60 valence electrons. The van der Waals surface area contributed by atoms with Crippen LogP contribution in [0.25, 0.3) is 0 Å². The molecule has 1 atom stereocenters. The van der Waals surface area contributed by atoms with E-state index in [4.69, 9.17) is 0 Å². The highest BCUT2D eigenvalue weighted by Crippen LogP contribution is 2.07. The standard InChI is InChI=1S/C7H15NOS/c1-6(5-10-3)4-7(9)8-2/h6H,4-5H2,1-3H3,(H,8,9). The number of hydrogen-bond donors (Lipinski definition) is 1. The number of amides is 1. The molecular weight excluding hydrogens is 146 g/mol. The molecule has 0 saturated carbocycles. The van der Waals surface area contributed by atoms with Crippen LogP contribution < -0.4 is 5.32 Å². The molecular formula is C7H15NOS. The van der Waals surface area contributed by atoms with Crippen LogP contribution in [0, 0.1) is 5.92 Å². The zero-order valence-corrected chi connectivity index (χ0v) is 7.62. The first kappa shape index (κ1) is 9.82. The summed E-state index contributed by atoms with van der Waals surface area (Å²) in [5, 5.41) is 2.61. The van der Waals surface area contributed by atoms with Crippen LogP contribution >= 0.6 is 11.8 Å². The highest BCUT2D eigenvalue weighted by molar-refractivity contribution is 7.98. The maximum absolute atomic E-state index is 10.8. The molecule has 0 heterocycles. The molecule has 1 amide bonds. The van der Waals surface area contributed by atoms with Crippen LogP contribution in [0.2, 0.25) is 0 Å². The van der Waals surface area contributed by atoms with Gasteiger partial charge in [0.25, 0.3) is 0 Å². The minimum atomic E-state index is 0.140. The van der Waals surface area contributed by atoms with Gasteiger partial charge >= 0.3 is 0 Å². The van der Waals surface area contributed by atoms with Gasteiger partial charge in [-0.15, -0.1) is 0 Å². The Labute approximate surface area is 66.8 Å². The Morgan fingerprint density at radius 2 is 2.30 bits per heavy atom. The SMILES string of the molecule is CNC(=O)CC(C)CSC. The van der Waals surface area contributed by atoms with Crippen molar-refractivity contribution in [2.75, 3.05) is 19.1 Å². The average molecular weight is 161 g/mol. The van der Waals surface area contributed by atoms with Crippen molar-refractivity contribution >= 4 is 17.7 Å². The zero-order valence-electron chi connectivity index (χ0n) is 6.81. The molecule has 0 spiro atoms. The number of hydrogen-bond acceptors (Lipinski definition) is 2. The van der Waals surface area contributed by atoms with Crippen LogP contribution in [0.15, 0.2) is 0 Å². The number of carbonyl (C=O) groups is 1. The molecule has 0 aromatic rings. The minimum absolute atomic E-state index is 0.140. The third kappa shape index (κ3) is 4.68. The van der Waals surface area contributed by atoms with Crippen molar-refractivity contribution in [3.8, 4) is 0 Å². The number of nitrogens with one attached hydrogen (secondary N) is 1. The summed E-state index contributed by atoms with van der Waals surface area (Å²) in [6.45, 7) is 2.09. The highest BCUT2D eigenvalue weighted by atomic mass is 32.2. The molecule has 0 bridgehead atoms. The van der Waals surface area contributed by atoms with E-state index in [1.54, 1.807) is 18.8 Å². The molecule has 0 aliphatic rings. The molecule has 0 aliphatic heterocycles. The molecule has 0 radical (unpaired) electrons. The Balaban J connectivity index is 3.37. The van der Waals surface area contributed by atoms with Crippen LogP contribution in [-0.4, -0.2) is 25.0 Å². The Kier molecular flexibility index (Phi) is 5.49. The summed E-state index contributed by atoms with van der Waals surface area (Å²) in [4.78, 5) is 10.8. The maximum Gasteiger partial charge on any atom is 0.220 e. The molecule has 0 saturated heterocycles. The summed E-state index contributed by atoms with van der Waals surface area (Å²) in [5.74, 6) is 1.70. The van der Waals surface area contributed by atoms with Gasteiger partial charge in [0.2, 0.25) is 5.91 Å². The lowest BCUT2D eigenvalue weighted by molar-refractivity contribution is -0.121. The van der Waals surface area contributed by atoms with Gasteiger partial charge < -0.3 is 5.32 Å². The van der Waals surface area contributed by atoms with Gasteiger partial charge in [-0.05, 0) is 17.9 Å². The third-order valence-corrected chi connectivity index (χ3v) is 2.17. The van der Waals surface area contributed by atoms with Gasteiger partial charge in [-0.1, -0.05) is 6.92 Å². The zero-order chi connectivity index (χ0) is 7.98. The summed E-state index contributed by atoms with van der Waals surface area (Å²) >= 11 is 1.78. The summed E-state index contributed by atoms with van der Waals surface area (Å²) in [6.07, 6.45) is 2.71. The fourth-order valence-electron chi connectivity index (χ4n) is 0.762. The number of thioether (sulfide) groups is 1. The van der Waals surface area contributed by atoms with E-state index in [-0.39, 0.29) is 5.91 Å². The first-order valence-corrected chi connectivity index (χ1v) is 4.79. The second-order valence-corrected chi connectivity index (χ2v) is 3.35. The molecule has 0 aromatic carbocycles. The Bertz CT molecular complexity index is 106. The van der Waals surface area contributed by atoms with E-state index in [0.717, 1.165) is 5.75 Å². The molecule has 1 unspecified atom stereocenters. The Morgan fingerprint density at radius 3 is 2.70 bits per heavy atom. The van der Waals surface area contributed by atoms with E-state index in [1.165, 1.54) is 0 Å². The van der Waals surface area contributed by atoms with Crippen LogP contribution in [0.4, 0.5) is 0 Å². The summed E-state index contributed by atoms with van der Waals surface area (Å²) in [6, 6.07) is 0. The summed E-state index contributed by atoms with van der Waals surface area (Å²) in [7, 11) is 1.67. The maximum atomic E-state index is 10.8. The van der Waals surface area contributed by atoms with E-state index in [1.807, 2.05) is 0 Å². The van der Waals surface area contributed by atoms with Crippen LogP contribution in [0.5, 0.6) is 0 Å². The molecule has 0 fully saturated rings. The summed E-state index contributed by atoms with van der Waals surface area (Å²) in [5.41, 5.74) is 0. The van der Waals surface area contributed by atoms with Gasteiger partial charge in [0, 0.05) is 13.5 Å². The molecule has 10 heavy (non-hydrogen) atoms. The van der Waals surface area contributed by atoms with Crippen molar-refractivity contribution < 1.29 is 4.79 Å². The van der Waals surface area contributed by atoms with Crippen LogP contribution in [0.3, 0.4) is 0 Å². The van der Waals surface area contributed by atoms with Crippen LogP contribution in [0.1, 0.15) is 13.3 Å². The Morgan fingerprint density at radius 1 is 1.70 bits per heavy atom. The molecule has 1 N–H and O–H groups in total. The molecule has 0 aliphatic carbocycles. The predicted molar refractivity (Wildman–Crippen MR) is 46.2 cm³/mol. The first-order chi connectivity index (χ1) is 4.70. The highest BCUT2D eigenvalue weighted by Gasteiger charge is 2.05. The second kappa shape index (κ2) is 5.59. The third-order valence-electron chi connectivity index (χ3n) is 1.26. The average Bonchev–Trinajstić information content (AvgIpc) is 1.88. The monoisotopic (exact) mass is 161 g/mol. The lowest BCUT2D eigenvalue weighted by atomic mass is 10.1. The van der Waals surface area contributed by atoms with Gasteiger partial charge in [-0.2, -0.15) is 11.8 Å². The van der Waals surface area contributed by atoms with E-state index < -0.39 is 0 Å². The number of rotatable bonds is 4. The van der Waals surface area contributed by atoms with Crippen LogP contribution in [-0.2, 0) is 4.79 Å². The largest absolute Gasteiger partial charge is 0.359 e. The lowest BCUT2D eigenvalue weighted by Gasteiger charge is -2.06. The minimum Gasteiger partial charge on any atom is -0.359 e. The van der Waals surface area contributed by atoms with Crippen molar-refractivity contribution in [1.82, 2.24) is 5.32 Å². The lowest BCUT2D eigenvalue weighted by Crippen LogP contribution is -2.20. The van der Waals surface area contributed by atoms with Crippen molar-refractivity contribution in [3.63, 3.8) is 0 Å². The quantitative estimate of drug-likeness (QED) is 0.669. The van der Waals surface area contributed by atoms with E-state index in [2.05, 4.69) is 18.5 Å². The summed E-state index contributed by atoms with van der Waals surface area (Å²) < 4.78 is 0. The fourth-order valence-corrected chi connectivity index (χ4v) is 1.45. The van der Waals surface area contributed by atoms with E-state index >= 15 is 0 Å². The van der Waals surface area contributed by atoms with E-state index in [0.29, 0.717) is 12.3 Å². The molecule has 0 aromatic heterocycles. The fraction of sp³-hybridized carbons (Fsp3) is 0.857. The Hall–Kier alpha value is -0.180. The predicted octanol–water partition coefficient (Wildman–Crippen LogP) is 1.12. The van der Waals surface area contributed by atoms with Gasteiger partial charge in [-0.25, -0.2) is 0 Å². The van der Waals surface area contributed by atoms with Gasteiger partial charge in [-0.3, -0.25) is 4.79 Å². The topological polar surface area (TPSA) is 29.1 Å². The van der Waals surface area contributed by atoms with Crippen molar-refractivity contribution in [3.05, 3.63) is 0 Å². The molecule has 2 nitrogen and oxygen atoms in total. The van der Waals surface area contributed by atoms with E-state index in [9.17, 15) is 4.79 Å². The first-order valence-electron chi connectivity index (χ1n) is 3.40. The normalized spacial score (nSPS) is 12.7. The molecule has 0 rings (SSSR count). The van der Waals surface area contributed by atoms with Gasteiger partial charge in [0.1, 0.15) is 0 Å². The van der Waals surface area contributed by atoms with Crippen molar-refractivity contribution in [2.45, 2.75) is 13.3 Å². The molecule has 3 heteroatoms. The van der Waals surface area contributed by atoms with Gasteiger partial charge in [0.05, 0.1) is 0 Å². The smallest absolute Gasteiger partial charge is 0.220 e. The van der Waals surface area contributed by atoms with Crippen molar-refractivity contribution in [1.29, 1.82) is 0 Å².